The van der Waals surface area contributed by atoms with Crippen molar-refractivity contribution in [3.63, 3.8) is 0 Å². The predicted molar refractivity (Wildman–Crippen MR) is 106 cm³/mol. The van der Waals surface area contributed by atoms with Crippen molar-refractivity contribution in [3.8, 4) is 5.75 Å². The zero-order valence-electron chi connectivity index (χ0n) is 14.6. The Morgan fingerprint density at radius 3 is 2.50 bits per heavy atom. The number of aromatic nitrogens is 2. The van der Waals surface area contributed by atoms with Crippen LogP contribution in [0.4, 0.5) is 5.69 Å². The molecule has 2 atom stereocenters. The first-order valence-electron chi connectivity index (χ1n) is 8.47. The Bertz CT molecular complexity index is 907. The van der Waals surface area contributed by atoms with Crippen molar-refractivity contribution in [3.05, 3.63) is 77.9 Å². The maximum absolute atomic E-state index is 5.69. The van der Waals surface area contributed by atoms with Gasteiger partial charge < -0.3 is 19.9 Å². The van der Waals surface area contributed by atoms with Crippen LogP contribution in [-0.2, 0) is 0 Å². The van der Waals surface area contributed by atoms with Crippen molar-refractivity contribution >= 4 is 23.0 Å². The number of thiocarbonyl (C=S) groups is 1. The van der Waals surface area contributed by atoms with Gasteiger partial charge in [0.1, 0.15) is 11.8 Å². The van der Waals surface area contributed by atoms with Gasteiger partial charge in [-0.2, -0.15) is 0 Å². The summed E-state index contributed by atoms with van der Waals surface area (Å²) in [5, 5.41) is 4.13. The first kappa shape index (κ1) is 16.6. The van der Waals surface area contributed by atoms with Crippen LogP contribution in [0.25, 0.3) is 0 Å². The summed E-state index contributed by atoms with van der Waals surface area (Å²) in [6, 6.07) is 18.0. The SMILES string of the molecule is COc1ccc(N2C(=S)N[C@@H](c3ccccn3)[C@H]2c2ccc(C)[nH]2)cc1. The van der Waals surface area contributed by atoms with Gasteiger partial charge in [-0.15, -0.1) is 0 Å². The van der Waals surface area contributed by atoms with Gasteiger partial charge >= 0.3 is 0 Å². The molecule has 1 fully saturated rings. The van der Waals surface area contributed by atoms with E-state index in [0.717, 1.165) is 28.5 Å². The number of hydrogen-bond acceptors (Lipinski definition) is 3. The molecule has 1 aliphatic heterocycles. The van der Waals surface area contributed by atoms with Gasteiger partial charge in [0.25, 0.3) is 0 Å². The topological polar surface area (TPSA) is 53.2 Å². The zero-order chi connectivity index (χ0) is 18.1. The third-order valence-corrected chi connectivity index (χ3v) is 4.94. The number of rotatable bonds is 4. The second kappa shape index (κ2) is 6.80. The molecule has 6 heteroatoms. The van der Waals surface area contributed by atoms with Crippen molar-refractivity contribution in [2.24, 2.45) is 0 Å². The van der Waals surface area contributed by atoms with E-state index in [9.17, 15) is 0 Å². The molecule has 0 bridgehead atoms. The lowest BCUT2D eigenvalue weighted by Crippen LogP contribution is -2.29. The molecule has 5 nitrogen and oxygen atoms in total. The van der Waals surface area contributed by atoms with Crippen molar-refractivity contribution in [2.45, 2.75) is 19.0 Å². The van der Waals surface area contributed by atoms with E-state index in [1.165, 1.54) is 0 Å². The number of pyridine rings is 1. The Morgan fingerprint density at radius 1 is 1.08 bits per heavy atom. The number of hydrogen-bond donors (Lipinski definition) is 2. The number of methoxy groups -OCH3 is 1. The van der Waals surface area contributed by atoms with Crippen LogP contribution in [0.15, 0.2) is 60.8 Å². The second-order valence-corrected chi connectivity index (χ2v) is 6.68. The van der Waals surface area contributed by atoms with Gasteiger partial charge in [-0.05, 0) is 67.7 Å². The van der Waals surface area contributed by atoms with Gasteiger partial charge in [0.05, 0.1) is 18.8 Å². The summed E-state index contributed by atoms with van der Waals surface area (Å²) in [4.78, 5) is 10.2. The summed E-state index contributed by atoms with van der Waals surface area (Å²) in [6.07, 6.45) is 1.81. The largest absolute Gasteiger partial charge is 0.497 e. The summed E-state index contributed by atoms with van der Waals surface area (Å²) < 4.78 is 5.28. The van der Waals surface area contributed by atoms with Crippen LogP contribution in [0.3, 0.4) is 0 Å². The molecule has 2 aromatic heterocycles. The highest BCUT2D eigenvalue weighted by Gasteiger charge is 2.41. The van der Waals surface area contributed by atoms with E-state index >= 15 is 0 Å². The zero-order valence-corrected chi connectivity index (χ0v) is 15.5. The number of anilines is 1. The highest BCUT2D eigenvalue weighted by Crippen LogP contribution is 2.41. The molecule has 132 valence electrons. The van der Waals surface area contributed by atoms with Crippen LogP contribution in [0.5, 0.6) is 5.75 Å². The predicted octanol–water partition coefficient (Wildman–Crippen LogP) is 3.90. The molecule has 26 heavy (non-hydrogen) atoms. The molecule has 0 radical (unpaired) electrons. The van der Waals surface area contributed by atoms with Crippen molar-refractivity contribution < 1.29 is 4.74 Å². The lowest BCUT2D eigenvalue weighted by molar-refractivity contribution is 0.415. The number of nitrogens with zero attached hydrogens (tertiary/aromatic N) is 2. The summed E-state index contributed by atoms with van der Waals surface area (Å²) >= 11 is 5.69. The molecule has 3 heterocycles. The van der Waals surface area contributed by atoms with Gasteiger partial charge in [0.2, 0.25) is 0 Å². The average molecular weight is 364 g/mol. The van der Waals surface area contributed by atoms with Crippen LogP contribution in [-0.4, -0.2) is 22.2 Å². The summed E-state index contributed by atoms with van der Waals surface area (Å²) in [5.41, 5.74) is 4.19. The van der Waals surface area contributed by atoms with Crippen molar-refractivity contribution in [2.75, 3.05) is 12.0 Å². The van der Waals surface area contributed by atoms with Crippen LogP contribution in [0, 0.1) is 6.92 Å². The lowest BCUT2D eigenvalue weighted by Gasteiger charge is -2.27. The van der Waals surface area contributed by atoms with E-state index in [0.29, 0.717) is 5.11 Å². The molecule has 3 aromatic rings. The standard InChI is InChI=1S/C20H20N4OS/c1-13-6-11-17(22-13)19-18(16-5-3-4-12-21-16)23-20(26)24(19)14-7-9-15(25-2)10-8-14/h3-12,18-19,22H,1-2H3,(H,23,26)/t18-,19+/m0/s1. The fourth-order valence-electron chi connectivity index (χ4n) is 3.39. The van der Waals surface area contributed by atoms with Crippen LogP contribution in [0.2, 0.25) is 0 Å². The molecule has 1 saturated heterocycles. The van der Waals surface area contributed by atoms with E-state index in [-0.39, 0.29) is 12.1 Å². The normalized spacial score (nSPS) is 19.5. The van der Waals surface area contributed by atoms with E-state index in [2.05, 4.69) is 39.2 Å². The van der Waals surface area contributed by atoms with Gasteiger partial charge in [-0.25, -0.2) is 0 Å². The highest BCUT2D eigenvalue weighted by molar-refractivity contribution is 7.80. The molecule has 0 unspecified atom stereocenters. The average Bonchev–Trinajstić information content (AvgIpc) is 3.25. The Balaban J connectivity index is 1.79. The minimum atomic E-state index is -0.0381. The van der Waals surface area contributed by atoms with Crippen LogP contribution < -0.4 is 15.0 Å². The van der Waals surface area contributed by atoms with Gasteiger partial charge in [0, 0.05) is 23.3 Å². The number of ether oxygens (including phenoxy) is 1. The first-order chi connectivity index (χ1) is 12.7. The summed E-state index contributed by atoms with van der Waals surface area (Å²) in [5.74, 6) is 0.820. The molecule has 1 aromatic carbocycles. The van der Waals surface area contributed by atoms with Crippen LogP contribution >= 0.6 is 12.2 Å². The number of aromatic amines is 1. The fourth-order valence-corrected chi connectivity index (χ4v) is 3.74. The summed E-state index contributed by atoms with van der Waals surface area (Å²) in [6.45, 7) is 2.05. The first-order valence-corrected chi connectivity index (χ1v) is 8.88. The van der Waals surface area contributed by atoms with Crippen molar-refractivity contribution in [1.82, 2.24) is 15.3 Å². The fraction of sp³-hybridized carbons (Fsp3) is 0.200. The van der Waals surface area contributed by atoms with E-state index < -0.39 is 0 Å². The minimum absolute atomic E-state index is 0.0144. The molecule has 0 spiro atoms. The molecule has 4 rings (SSSR count). The minimum Gasteiger partial charge on any atom is -0.497 e. The third kappa shape index (κ3) is 2.93. The number of nitrogens with one attached hydrogen (secondary N) is 2. The van der Waals surface area contributed by atoms with Crippen LogP contribution in [0.1, 0.15) is 29.2 Å². The molecule has 2 N–H and O–H groups in total. The maximum atomic E-state index is 5.69. The molecule has 0 amide bonds. The smallest absolute Gasteiger partial charge is 0.174 e. The van der Waals surface area contributed by atoms with Gasteiger partial charge in [-0.1, -0.05) is 6.07 Å². The maximum Gasteiger partial charge on any atom is 0.174 e. The van der Waals surface area contributed by atoms with Crippen molar-refractivity contribution in [1.29, 1.82) is 0 Å². The number of H-pyrrole nitrogens is 1. The Kier molecular flexibility index (Phi) is 4.34. The highest BCUT2D eigenvalue weighted by atomic mass is 32.1. The van der Waals surface area contributed by atoms with Gasteiger partial charge in [-0.3, -0.25) is 4.98 Å². The number of benzene rings is 1. The molecule has 1 aliphatic rings. The molecular weight excluding hydrogens is 344 g/mol. The third-order valence-electron chi connectivity index (χ3n) is 4.62. The Morgan fingerprint density at radius 2 is 1.88 bits per heavy atom. The quantitative estimate of drug-likeness (QED) is 0.688. The van der Waals surface area contributed by atoms with Gasteiger partial charge in [0.15, 0.2) is 5.11 Å². The van der Waals surface area contributed by atoms with E-state index in [4.69, 9.17) is 17.0 Å². The van der Waals surface area contributed by atoms with E-state index in [1.54, 1.807) is 7.11 Å². The molecular formula is C20H20N4OS. The monoisotopic (exact) mass is 364 g/mol. The Hall–Kier alpha value is -2.86. The lowest BCUT2D eigenvalue weighted by atomic mass is 10.0. The second-order valence-electron chi connectivity index (χ2n) is 6.29. The number of aryl methyl sites for hydroxylation is 1. The van der Waals surface area contributed by atoms with E-state index in [1.807, 2.05) is 48.7 Å². The molecule has 0 saturated carbocycles. The molecule has 0 aliphatic carbocycles. The Labute approximate surface area is 158 Å². The summed E-state index contributed by atoms with van der Waals surface area (Å²) in [7, 11) is 1.67.